The summed E-state index contributed by atoms with van der Waals surface area (Å²) < 4.78 is 5.42. The Morgan fingerprint density at radius 1 is 1.03 bits per heavy atom. The molecular formula is C26H27N3O2. The number of carbonyl (C=O) groups excluding carboxylic acids is 1. The van der Waals surface area contributed by atoms with Gasteiger partial charge >= 0.3 is 0 Å². The number of ether oxygens (including phenoxy) is 1. The van der Waals surface area contributed by atoms with E-state index in [1.165, 1.54) is 16.7 Å². The average molecular weight is 414 g/mol. The summed E-state index contributed by atoms with van der Waals surface area (Å²) in [5, 5.41) is 4.06. The normalized spacial score (nSPS) is 13.7. The van der Waals surface area contributed by atoms with Crippen LogP contribution in [0.15, 0.2) is 77.9 Å². The van der Waals surface area contributed by atoms with Crippen molar-refractivity contribution in [3.05, 3.63) is 101 Å². The third-order valence-electron chi connectivity index (χ3n) is 5.40. The van der Waals surface area contributed by atoms with Crippen LogP contribution in [0.4, 0.5) is 0 Å². The van der Waals surface area contributed by atoms with E-state index < -0.39 is 0 Å². The van der Waals surface area contributed by atoms with E-state index in [1.807, 2.05) is 55.5 Å². The van der Waals surface area contributed by atoms with E-state index in [9.17, 15) is 4.79 Å². The Balaban J connectivity index is 1.29. The van der Waals surface area contributed by atoms with E-state index in [2.05, 4.69) is 39.7 Å². The van der Waals surface area contributed by atoms with Crippen molar-refractivity contribution >= 4 is 12.1 Å². The van der Waals surface area contributed by atoms with Gasteiger partial charge in [-0.3, -0.25) is 9.69 Å². The molecule has 4 rings (SSSR count). The Bertz CT molecular complexity index is 1040. The minimum atomic E-state index is -0.222. The van der Waals surface area contributed by atoms with Gasteiger partial charge in [-0.25, -0.2) is 5.43 Å². The number of fused-ring (bicyclic) bond motifs is 1. The molecule has 1 heterocycles. The molecule has 0 fully saturated rings. The van der Waals surface area contributed by atoms with Gasteiger partial charge in [0.2, 0.25) is 0 Å². The van der Waals surface area contributed by atoms with E-state index >= 15 is 0 Å². The molecule has 0 aliphatic carbocycles. The SMILES string of the molecule is CCOc1ccc(/C=N/NC(=O)c2ccc(CN3CCc4ccccc4C3)cc2)cc1. The van der Waals surface area contributed by atoms with Gasteiger partial charge in [0.25, 0.3) is 5.91 Å². The fraction of sp³-hybridized carbons (Fsp3) is 0.231. The second-order valence-corrected chi connectivity index (χ2v) is 7.63. The summed E-state index contributed by atoms with van der Waals surface area (Å²) in [7, 11) is 0. The topological polar surface area (TPSA) is 53.9 Å². The number of hydrazone groups is 1. The molecule has 0 aromatic heterocycles. The summed E-state index contributed by atoms with van der Waals surface area (Å²) in [6, 6.07) is 24.0. The lowest BCUT2D eigenvalue weighted by Crippen LogP contribution is -2.30. The highest BCUT2D eigenvalue weighted by atomic mass is 16.5. The van der Waals surface area contributed by atoms with Gasteiger partial charge < -0.3 is 4.74 Å². The molecule has 3 aromatic carbocycles. The average Bonchev–Trinajstić information content (AvgIpc) is 2.81. The minimum Gasteiger partial charge on any atom is -0.494 e. The van der Waals surface area contributed by atoms with E-state index in [4.69, 9.17) is 4.74 Å². The Kier molecular flexibility index (Phi) is 6.75. The van der Waals surface area contributed by atoms with E-state index in [0.717, 1.165) is 37.4 Å². The highest BCUT2D eigenvalue weighted by molar-refractivity contribution is 5.94. The fourth-order valence-corrected chi connectivity index (χ4v) is 3.76. The molecular weight excluding hydrogens is 386 g/mol. The quantitative estimate of drug-likeness (QED) is 0.461. The molecule has 0 spiro atoms. The lowest BCUT2D eigenvalue weighted by Gasteiger charge is -2.28. The molecule has 0 saturated carbocycles. The summed E-state index contributed by atoms with van der Waals surface area (Å²) in [5.41, 5.74) is 8.14. The lowest BCUT2D eigenvalue weighted by molar-refractivity contribution is 0.0955. The minimum absolute atomic E-state index is 0.222. The molecule has 3 aromatic rings. The standard InChI is InChI=1S/C26H27N3O2/c1-2-31-25-13-9-20(10-14-25)17-27-28-26(30)23-11-7-21(8-12-23)18-29-16-15-22-5-3-4-6-24(22)19-29/h3-14,17H,2,15-16,18-19H2,1H3,(H,28,30)/b27-17+. The van der Waals surface area contributed by atoms with E-state index in [1.54, 1.807) is 6.21 Å². The van der Waals surface area contributed by atoms with Gasteiger partial charge in [0.15, 0.2) is 0 Å². The zero-order valence-corrected chi connectivity index (χ0v) is 17.8. The molecule has 1 N–H and O–H groups in total. The van der Waals surface area contributed by atoms with Crippen LogP contribution in [0.2, 0.25) is 0 Å². The fourth-order valence-electron chi connectivity index (χ4n) is 3.76. The number of hydrogen-bond acceptors (Lipinski definition) is 4. The molecule has 5 nitrogen and oxygen atoms in total. The lowest BCUT2D eigenvalue weighted by atomic mass is 9.99. The van der Waals surface area contributed by atoms with Crippen LogP contribution < -0.4 is 10.2 Å². The second-order valence-electron chi connectivity index (χ2n) is 7.63. The molecule has 1 aliphatic heterocycles. The van der Waals surface area contributed by atoms with Gasteiger partial charge in [0.1, 0.15) is 5.75 Å². The molecule has 158 valence electrons. The van der Waals surface area contributed by atoms with Crippen LogP contribution in [0.5, 0.6) is 5.75 Å². The maximum Gasteiger partial charge on any atom is 0.271 e. The molecule has 5 heteroatoms. The maximum absolute atomic E-state index is 12.4. The predicted octanol–water partition coefficient (Wildman–Crippen LogP) is 4.41. The van der Waals surface area contributed by atoms with Crippen LogP contribution in [0, 0.1) is 0 Å². The molecule has 0 bridgehead atoms. The molecule has 31 heavy (non-hydrogen) atoms. The third kappa shape index (κ3) is 5.58. The summed E-state index contributed by atoms with van der Waals surface area (Å²) in [6.07, 6.45) is 2.71. The van der Waals surface area contributed by atoms with Crippen molar-refractivity contribution in [2.75, 3.05) is 13.2 Å². The smallest absolute Gasteiger partial charge is 0.271 e. The second kappa shape index (κ2) is 10.0. The summed E-state index contributed by atoms with van der Waals surface area (Å²) in [4.78, 5) is 14.8. The van der Waals surface area contributed by atoms with Gasteiger partial charge in [0.05, 0.1) is 12.8 Å². The first-order valence-corrected chi connectivity index (χ1v) is 10.7. The zero-order chi connectivity index (χ0) is 21.5. The predicted molar refractivity (Wildman–Crippen MR) is 123 cm³/mol. The van der Waals surface area contributed by atoms with Crippen LogP contribution in [0.25, 0.3) is 0 Å². The Hall–Kier alpha value is -3.44. The summed E-state index contributed by atoms with van der Waals surface area (Å²) in [6.45, 7) is 5.49. The van der Waals surface area contributed by atoms with Crippen molar-refractivity contribution in [1.29, 1.82) is 0 Å². The van der Waals surface area contributed by atoms with Crippen molar-refractivity contribution in [2.45, 2.75) is 26.4 Å². The molecule has 1 aliphatic rings. The number of rotatable bonds is 7. The highest BCUT2D eigenvalue weighted by Crippen LogP contribution is 2.20. The van der Waals surface area contributed by atoms with Crippen molar-refractivity contribution in [3.8, 4) is 5.75 Å². The van der Waals surface area contributed by atoms with Crippen molar-refractivity contribution in [3.63, 3.8) is 0 Å². The number of carbonyl (C=O) groups is 1. The van der Waals surface area contributed by atoms with Crippen LogP contribution in [0.1, 0.15) is 39.5 Å². The summed E-state index contributed by atoms with van der Waals surface area (Å²) >= 11 is 0. The van der Waals surface area contributed by atoms with Crippen molar-refractivity contribution < 1.29 is 9.53 Å². The number of hydrogen-bond donors (Lipinski definition) is 1. The number of amides is 1. The largest absolute Gasteiger partial charge is 0.494 e. The first-order valence-electron chi connectivity index (χ1n) is 10.7. The van der Waals surface area contributed by atoms with E-state index in [0.29, 0.717) is 12.2 Å². The van der Waals surface area contributed by atoms with Gasteiger partial charge in [-0.1, -0.05) is 36.4 Å². The first-order chi connectivity index (χ1) is 15.2. The number of nitrogens with one attached hydrogen (secondary N) is 1. The Morgan fingerprint density at radius 3 is 2.52 bits per heavy atom. The van der Waals surface area contributed by atoms with Gasteiger partial charge in [-0.05, 0) is 72.0 Å². The molecule has 1 amide bonds. The van der Waals surface area contributed by atoms with Crippen molar-refractivity contribution in [1.82, 2.24) is 10.3 Å². The third-order valence-corrected chi connectivity index (χ3v) is 5.40. The van der Waals surface area contributed by atoms with Gasteiger partial charge in [-0.15, -0.1) is 0 Å². The van der Waals surface area contributed by atoms with Crippen LogP contribution >= 0.6 is 0 Å². The first kappa shape index (κ1) is 20.8. The Labute approximate surface area is 183 Å². The summed E-state index contributed by atoms with van der Waals surface area (Å²) in [5.74, 6) is 0.596. The highest BCUT2D eigenvalue weighted by Gasteiger charge is 2.15. The van der Waals surface area contributed by atoms with Gasteiger partial charge in [0, 0.05) is 25.2 Å². The molecule has 0 unspecified atom stereocenters. The number of benzene rings is 3. The van der Waals surface area contributed by atoms with E-state index in [-0.39, 0.29) is 5.91 Å². The van der Waals surface area contributed by atoms with Crippen LogP contribution in [0.3, 0.4) is 0 Å². The maximum atomic E-state index is 12.4. The molecule has 0 atom stereocenters. The molecule has 0 radical (unpaired) electrons. The van der Waals surface area contributed by atoms with Crippen molar-refractivity contribution in [2.24, 2.45) is 5.10 Å². The monoisotopic (exact) mass is 413 g/mol. The molecule has 0 saturated heterocycles. The Morgan fingerprint density at radius 2 is 1.77 bits per heavy atom. The van der Waals surface area contributed by atoms with Crippen LogP contribution in [-0.4, -0.2) is 30.2 Å². The number of nitrogens with zero attached hydrogens (tertiary/aromatic N) is 2. The van der Waals surface area contributed by atoms with Gasteiger partial charge in [-0.2, -0.15) is 5.10 Å². The zero-order valence-electron chi connectivity index (χ0n) is 17.8. The van der Waals surface area contributed by atoms with Crippen LogP contribution in [-0.2, 0) is 19.5 Å².